The number of rotatable bonds is 5. The Kier molecular flexibility index (Phi) is 5.51. The molecule has 1 atom stereocenters. The maximum absolute atomic E-state index is 13.4. The predicted octanol–water partition coefficient (Wildman–Crippen LogP) is 5.63. The molecule has 1 heterocycles. The van der Waals surface area contributed by atoms with E-state index in [9.17, 15) is 4.79 Å². The molecule has 0 radical (unpaired) electrons. The summed E-state index contributed by atoms with van der Waals surface area (Å²) in [5.41, 5.74) is 1.45. The Balaban J connectivity index is 1.95. The molecule has 2 aromatic carbocycles. The fourth-order valence-corrected chi connectivity index (χ4v) is 3.95. The molecular weight excluding hydrogens is 353 g/mol. The van der Waals surface area contributed by atoms with Crippen molar-refractivity contribution in [3.8, 4) is 0 Å². The monoisotopic (exact) mass is 373 g/mol. The third kappa shape index (κ3) is 3.61. The molecule has 0 bridgehead atoms. The van der Waals surface area contributed by atoms with Gasteiger partial charge in [-0.2, -0.15) is 0 Å². The van der Waals surface area contributed by atoms with E-state index in [0.717, 1.165) is 30.5 Å². The van der Waals surface area contributed by atoms with Crippen molar-refractivity contribution in [1.82, 2.24) is 4.90 Å². The van der Waals surface area contributed by atoms with E-state index >= 15 is 0 Å². The Labute approximate surface area is 159 Å². The van der Waals surface area contributed by atoms with E-state index in [1.807, 2.05) is 41.3 Å². The van der Waals surface area contributed by atoms with Gasteiger partial charge in [-0.15, -0.1) is 6.58 Å². The van der Waals surface area contributed by atoms with Crippen molar-refractivity contribution in [2.75, 3.05) is 6.54 Å². The summed E-state index contributed by atoms with van der Waals surface area (Å²) in [5.74, 6) is 0.140. The molecule has 4 heteroatoms. The van der Waals surface area contributed by atoms with E-state index in [0.29, 0.717) is 23.0 Å². The summed E-state index contributed by atoms with van der Waals surface area (Å²) in [7, 11) is 0. The van der Waals surface area contributed by atoms with E-state index in [1.165, 1.54) is 0 Å². The molecule has 1 aliphatic rings. The van der Waals surface area contributed by atoms with Crippen LogP contribution in [0.25, 0.3) is 0 Å². The zero-order valence-corrected chi connectivity index (χ0v) is 15.6. The van der Waals surface area contributed by atoms with Gasteiger partial charge in [-0.25, -0.2) is 0 Å². The molecule has 1 aliphatic heterocycles. The minimum absolute atomic E-state index is 0.140. The van der Waals surface area contributed by atoms with Crippen molar-refractivity contribution >= 4 is 29.1 Å². The van der Waals surface area contributed by atoms with Crippen LogP contribution in [0.3, 0.4) is 0 Å². The number of allylic oxidation sites excluding steroid dienone is 1. The molecule has 1 unspecified atom stereocenters. The van der Waals surface area contributed by atoms with Crippen LogP contribution in [0, 0.1) is 0 Å². The molecule has 0 saturated carbocycles. The molecule has 0 spiro atoms. The smallest absolute Gasteiger partial charge is 0.233 e. The first-order valence-corrected chi connectivity index (χ1v) is 9.22. The maximum atomic E-state index is 13.4. The van der Waals surface area contributed by atoms with Crippen molar-refractivity contribution < 1.29 is 4.79 Å². The van der Waals surface area contributed by atoms with Crippen molar-refractivity contribution in [2.45, 2.75) is 31.2 Å². The first-order valence-electron chi connectivity index (χ1n) is 8.46. The number of hydrogen-bond donors (Lipinski definition) is 0. The first kappa shape index (κ1) is 18.0. The van der Waals surface area contributed by atoms with Gasteiger partial charge in [0.1, 0.15) is 0 Å². The number of carbonyl (C=O) groups is 1. The third-order valence-electron chi connectivity index (χ3n) is 4.91. The average Bonchev–Trinajstić information content (AvgIpc) is 2.62. The molecule has 0 aliphatic carbocycles. The second-order valence-electron chi connectivity index (χ2n) is 6.52. The van der Waals surface area contributed by atoms with E-state index in [-0.39, 0.29) is 5.91 Å². The zero-order chi connectivity index (χ0) is 17.9. The number of nitrogens with zero attached hydrogens (tertiary/aromatic N) is 1. The number of carbonyl (C=O) groups excluding carboxylic acids is 1. The highest BCUT2D eigenvalue weighted by Crippen LogP contribution is 2.41. The lowest BCUT2D eigenvalue weighted by Crippen LogP contribution is -2.50. The Morgan fingerprint density at radius 2 is 1.88 bits per heavy atom. The van der Waals surface area contributed by atoms with Gasteiger partial charge < -0.3 is 4.90 Å². The summed E-state index contributed by atoms with van der Waals surface area (Å²) >= 11 is 12.3. The highest BCUT2D eigenvalue weighted by molar-refractivity contribution is 6.42. The van der Waals surface area contributed by atoms with Crippen molar-refractivity contribution in [1.29, 1.82) is 0 Å². The van der Waals surface area contributed by atoms with Crippen molar-refractivity contribution in [2.24, 2.45) is 0 Å². The van der Waals surface area contributed by atoms with Crippen LogP contribution in [0.5, 0.6) is 0 Å². The highest BCUT2D eigenvalue weighted by atomic mass is 35.5. The number of hydrogen-bond acceptors (Lipinski definition) is 1. The molecule has 1 saturated heterocycles. The average molecular weight is 374 g/mol. The summed E-state index contributed by atoms with van der Waals surface area (Å²) in [6, 6.07) is 15.6. The molecular formula is C21H21Cl2NO. The Morgan fingerprint density at radius 3 is 2.56 bits per heavy atom. The van der Waals surface area contributed by atoms with Crippen LogP contribution in [0.2, 0.25) is 10.0 Å². The van der Waals surface area contributed by atoms with Crippen LogP contribution in [0.4, 0.5) is 0 Å². The summed E-state index contributed by atoms with van der Waals surface area (Å²) < 4.78 is 0. The number of piperidine rings is 1. The quantitative estimate of drug-likeness (QED) is 0.621. The molecule has 1 amide bonds. The lowest BCUT2D eigenvalue weighted by Gasteiger charge is -2.42. The first-order chi connectivity index (χ1) is 12.1. The number of likely N-dealkylation sites (tertiary alicyclic amines) is 1. The minimum atomic E-state index is -0.608. The Morgan fingerprint density at radius 1 is 1.12 bits per heavy atom. The molecule has 2 aromatic rings. The van der Waals surface area contributed by atoms with E-state index < -0.39 is 5.41 Å². The summed E-state index contributed by atoms with van der Waals surface area (Å²) in [6.07, 6.45) is 4.16. The number of benzene rings is 2. The minimum Gasteiger partial charge on any atom is -0.338 e. The van der Waals surface area contributed by atoms with Crippen LogP contribution in [0.15, 0.2) is 61.2 Å². The maximum Gasteiger partial charge on any atom is 0.233 e. The lowest BCUT2D eigenvalue weighted by atomic mass is 9.71. The number of amides is 1. The zero-order valence-electron chi connectivity index (χ0n) is 14.1. The topological polar surface area (TPSA) is 20.3 Å². The highest BCUT2D eigenvalue weighted by Gasteiger charge is 2.44. The van der Waals surface area contributed by atoms with Gasteiger partial charge >= 0.3 is 0 Å². The lowest BCUT2D eigenvalue weighted by molar-refractivity contribution is -0.141. The van der Waals surface area contributed by atoms with Crippen LogP contribution in [0.1, 0.15) is 30.4 Å². The van der Waals surface area contributed by atoms with Gasteiger partial charge in [0.25, 0.3) is 0 Å². The number of halogens is 2. The summed E-state index contributed by atoms with van der Waals surface area (Å²) in [6.45, 7) is 5.28. The molecule has 0 aromatic heterocycles. The Bertz CT molecular complexity index is 775. The predicted molar refractivity (Wildman–Crippen MR) is 104 cm³/mol. The van der Waals surface area contributed by atoms with Gasteiger partial charge in [-0.1, -0.05) is 65.7 Å². The summed E-state index contributed by atoms with van der Waals surface area (Å²) in [5, 5.41) is 0.985. The van der Waals surface area contributed by atoms with E-state index in [4.69, 9.17) is 23.2 Å². The standard InChI is InChI=1S/C21H21Cl2NO/c1-2-11-21(17-9-10-18(22)19(23)14-17)12-6-13-24(20(21)25)15-16-7-4-3-5-8-16/h2-5,7-10,14H,1,6,11-13,15H2. The molecule has 0 N–H and O–H groups in total. The Hall–Kier alpha value is -1.77. The van der Waals surface area contributed by atoms with Crippen molar-refractivity contribution in [3.05, 3.63) is 82.4 Å². The van der Waals surface area contributed by atoms with Crippen LogP contribution in [-0.4, -0.2) is 17.4 Å². The van der Waals surface area contributed by atoms with E-state index in [1.54, 1.807) is 6.07 Å². The van der Waals surface area contributed by atoms with Gasteiger partial charge in [0, 0.05) is 13.1 Å². The second kappa shape index (κ2) is 7.63. The molecule has 1 fully saturated rings. The molecule has 3 rings (SSSR count). The van der Waals surface area contributed by atoms with Gasteiger partial charge in [0.05, 0.1) is 15.5 Å². The third-order valence-corrected chi connectivity index (χ3v) is 5.65. The molecule has 130 valence electrons. The van der Waals surface area contributed by atoms with Gasteiger partial charge in [0.2, 0.25) is 5.91 Å². The van der Waals surface area contributed by atoms with Gasteiger partial charge in [0.15, 0.2) is 0 Å². The summed E-state index contributed by atoms with van der Waals surface area (Å²) in [4.78, 5) is 15.4. The van der Waals surface area contributed by atoms with E-state index in [2.05, 4.69) is 18.7 Å². The largest absolute Gasteiger partial charge is 0.338 e. The van der Waals surface area contributed by atoms with Gasteiger partial charge in [-0.05, 0) is 42.5 Å². The van der Waals surface area contributed by atoms with Gasteiger partial charge in [-0.3, -0.25) is 4.79 Å². The van der Waals surface area contributed by atoms with Crippen LogP contribution < -0.4 is 0 Å². The fourth-order valence-electron chi connectivity index (χ4n) is 3.65. The normalized spacial score (nSPS) is 20.6. The molecule has 25 heavy (non-hydrogen) atoms. The van der Waals surface area contributed by atoms with Crippen LogP contribution in [-0.2, 0) is 16.8 Å². The molecule has 2 nitrogen and oxygen atoms in total. The fraction of sp³-hybridized carbons (Fsp3) is 0.286. The second-order valence-corrected chi connectivity index (χ2v) is 7.33. The SMILES string of the molecule is C=CCC1(c2ccc(Cl)c(Cl)c2)CCCN(Cc2ccccc2)C1=O. The van der Waals surface area contributed by atoms with Crippen LogP contribution >= 0.6 is 23.2 Å². The van der Waals surface area contributed by atoms with Crippen molar-refractivity contribution in [3.63, 3.8) is 0 Å².